The summed E-state index contributed by atoms with van der Waals surface area (Å²) in [5.41, 5.74) is 0. The normalized spacial score (nSPS) is 14.8. The molecular formula is C79H130O17P2. The molecule has 3 N–H and O–H groups in total. The number of ether oxygens (including phenoxy) is 4. The van der Waals surface area contributed by atoms with Crippen LogP contribution >= 0.6 is 15.6 Å². The van der Waals surface area contributed by atoms with Crippen LogP contribution in [0.3, 0.4) is 0 Å². The van der Waals surface area contributed by atoms with E-state index in [0.29, 0.717) is 25.7 Å². The summed E-state index contributed by atoms with van der Waals surface area (Å²) in [6.07, 6.45) is 78.8. The molecule has 19 heteroatoms. The minimum absolute atomic E-state index is 0.0750. The van der Waals surface area contributed by atoms with E-state index in [2.05, 4.69) is 149 Å². The van der Waals surface area contributed by atoms with Crippen molar-refractivity contribution in [1.82, 2.24) is 0 Å². The molecule has 0 bridgehead atoms. The first-order chi connectivity index (χ1) is 47.7. The molecule has 0 aromatic heterocycles. The second-order valence-corrected chi connectivity index (χ2v) is 27.0. The Morgan fingerprint density at radius 2 is 0.582 bits per heavy atom. The van der Waals surface area contributed by atoms with Gasteiger partial charge in [0, 0.05) is 19.3 Å². The van der Waals surface area contributed by atoms with Gasteiger partial charge in [0.1, 0.15) is 19.3 Å². The van der Waals surface area contributed by atoms with E-state index in [1.807, 2.05) is 12.2 Å². The fourth-order valence-corrected chi connectivity index (χ4v) is 10.8. The molecule has 0 aliphatic carbocycles. The Hall–Kier alpha value is -5.06. The molecule has 0 saturated carbocycles. The largest absolute Gasteiger partial charge is 0.472 e. The zero-order valence-electron chi connectivity index (χ0n) is 60.7. The molecule has 98 heavy (non-hydrogen) atoms. The zero-order chi connectivity index (χ0) is 71.8. The lowest BCUT2D eigenvalue weighted by Crippen LogP contribution is -2.30. The molecule has 558 valence electrons. The Morgan fingerprint density at radius 1 is 0.306 bits per heavy atom. The summed E-state index contributed by atoms with van der Waals surface area (Å²) < 4.78 is 68.2. The number of carbonyl (C=O) groups is 4. The van der Waals surface area contributed by atoms with E-state index in [1.54, 1.807) is 12.2 Å². The Labute approximate surface area is 592 Å². The molecule has 0 radical (unpaired) electrons. The first-order valence-corrected chi connectivity index (χ1v) is 40.1. The smallest absolute Gasteiger partial charge is 0.462 e. The third-order valence-corrected chi connectivity index (χ3v) is 16.7. The second-order valence-electron chi connectivity index (χ2n) is 24.1. The van der Waals surface area contributed by atoms with Gasteiger partial charge < -0.3 is 33.8 Å². The highest BCUT2D eigenvalue weighted by Crippen LogP contribution is 2.45. The lowest BCUT2D eigenvalue weighted by Gasteiger charge is -2.21. The van der Waals surface area contributed by atoms with E-state index in [0.717, 1.165) is 161 Å². The van der Waals surface area contributed by atoms with Gasteiger partial charge in [-0.3, -0.25) is 37.3 Å². The summed E-state index contributed by atoms with van der Waals surface area (Å²) in [5.74, 6) is -2.39. The van der Waals surface area contributed by atoms with Crippen molar-refractivity contribution in [2.75, 3.05) is 39.6 Å². The van der Waals surface area contributed by atoms with E-state index in [1.165, 1.54) is 32.1 Å². The fraction of sp³-hybridized carbons (Fsp3) is 0.646. The van der Waals surface area contributed by atoms with Crippen LogP contribution in [-0.2, 0) is 65.4 Å². The van der Waals surface area contributed by atoms with Gasteiger partial charge >= 0.3 is 39.5 Å². The summed E-state index contributed by atoms with van der Waals surface area (Å²) in [7, 11) is -10.00. The molecule has 5 unspecified atom stereocenters. The molecule has 0 heterocycles. The van der Waals surface area contributed by atoms with E-state index >= 15 is 0 Å². The van der Waals surface area contributed by atoms with Gasteiger partial charge in [-0.1, -0.05) is 251 Å². The third kappa shape index (κ3) is 69.4. The van der Waals surface area contributed by atoms with Gasteiger partial charge in [0.2, 0.25) is 0 Å². The number of aliphatic hydroxyl groups is 1. The van der Waals surface area contributed by atoms with Crippen molar-refractivity contribution >= 4 is 39.5 Å². The summed E-state index contributed by atoms with van der Waals surface area (Å²) in [4.78, 5) is 72.7. The van der Waals surface area contributed by atoms with Crippen LogP contribution in [0.4, 0.5) is 0 Å². The number of esters is 4. The van der Waals surface area contributed by atoms with Crippen molar-refractivity contribution in [3.63, 3.8) is 0 Å². The first-order valence-electron chi connectivity index (χ1n) is 37.1. The predicted octanol–water partition coefficient (Wildman–Crippen LogP) is 21.1. The molecule has 0 aromatic carbocycles. The van der Waals surface area contributed by atoms with E-state index < -0.39 is 97.5 Å². The van der Waals surface area contributed by atoms with Crippen molar-refractivity contribution in [3.8, 4) is 0 Å². The van der Waals surface area contributed by atoms with Crippen molar-refractivity contribution in [2.24, 2.45) is 0 Å². The Balaban J connectivity index is 5.44. The average Bonchev–Trinajstić information content (AvgIpc) is 0.980. The number of unbranched alkanes of at least 4 members (excludes halogenated alkanes) is 19. The van der Waals surface area contributed by atoms with Crippen LogP contribution in [0.25, 0.3) is 0 Å². The average molecular weight is 1410 g/mol. The topological polar surface area (TPSA) is 237 Å². The van der Waals surface area contributed by atoms with Crippen LogP contribution < -0.4 is 0 Å². The molecule has 0 fully saturated rings. The Bertz CT molecular complexity index is 2430. The monoisotopic (exact) mass is 1410 g/mol. The molecule has 0 aliphatic rings. The number of hydrogen-bond acceptors (Lipinski definition) is 15. The van der Waals surface area contributed by atoms with E-state index in [-0.39, 0.29) is 25.7 Å². The van der Waals surface area contributed by atoms with Crippen LogP contribution in [-0.4, -0.2) is 96.7 Å². The van der Waals surface area contributed by atoms with E-state index in [9.17, 15) is 43.2 Å². The molecule has 0 aromatic rings. The maximum Gasteiger partial charge on any atom is 0.472 e. The van der Waals surface area contributed by atoms with Crippen molar-refractivity contribution in [2.45, 2.75) is 290 Å². The lowest BCUT2D eigenvalue weighted by atomic mass is 10.1. The van der Waals surface area contributed by atoms with Crippen LogP contribution in [0, 0.1) is 0 Å². The van der Waals surface area contributed by atoms with Gasteiger partial charge in [0.25, 0.3) is 0 Å². The van der Waals surface area contributed by atoms with Crippen LogP contribution in [0.2, 0.25) is 0 Å². The molecule has 0 spiro atoms. The number of allylic oxidation sites excluding steroid dienone is 23. The van der Waals surface area contributed by atoms with Crippen molar-refractivity contribution in [1.29, 1.82) is 0 Å². The lowest BCUT2D eigenvalue weighted by molar-refractivity contribution is -0.161. The molecule has 0 amide bonds. The molecule has 0 rings (SSSR count). The number of phosphoric ester groups is 2. The van der Waals surface area contributed by atoms with Crippen LogP contribution in [0.1, 0.15) is 272 Å². The van der Waals surface area contributed by atoms with Gasteiger partial charge in [-0.05, 0) is 141 Å². The summed E-state index contributed by atoms with van der Waals surface area (Å²) >= 11 is 0. The van der Waals surface area contributed by atoms with Gasteiger partial charge in [-0.25, -0.2) is 9.13 Å². The Kier molecular flexibility index (Phi) is 66.7. The predicted molar refractivity (Wildman–Crippen MR) is 399 cm³/mol. The second kappa shape index (κ2) is 70.4. The van der Waals surface area contributed by atoms with E-state index in [4.69, 9.17) is 37.0 Å². The quantitative estimate of drug-likeness (QED) is 0.0169. The molecule has 5 atom stereocenters. The summed E-state index contributed by atoms with van der Waals surface area (Å²) in [5, 5.41) is 10.6. The van der Waals surface area contributed by atoms with Gasteiger partial charge in [0.05, 0.1) is 32.8 Å². The fourth-order valence-electron chi connectivity index (χ4n) is 9.18. The van der Waals surface area contributed by atoms with Crippen LogP contribution in [0.15, 0.2) is 146 Å². The minimum Gasteiger partial charge on any atom is -0.462 e. The van der Waals surface area contributed by atoms with Gasteiger partial charge in [-0.15, -0.1) is 0 Å². The first kappa shape index (κ1) is 92.9. The highest BCUT2D eigenvalue weighted by Gasteiger charge is 2.30. The Morgan fingerprint density at radius 3 is 0.949 bits per heavy atom. The minimum atomic E-state index is -5.01. The van der Waals surface area contributed by atoms with Crippen molar-refractivity contribution < 1.29 is 80.2 Å². The maximum atomic E-state index is 13.1. The zero-order valence-corrected chi connectivity index (χ0v) is 62.4. The standard InChI is InChI=1S/C79H130O17P2/c1-5-9-13-17-21-25-29-32-35-36-39-41-45-48-52-56-60-64-77(82)90-70-75(96-79(84)66-62-58-54-50-46-42-38-34-31-27-23-19-15-11-7-3)72-94-98(87,88)92-68-73(80)67-91-97(85,86)93-71-74(95-78(83)65-61-57-53-49-43-28-24-20-16-12-8-4)69-89-76(81)63-59-55-51-47-44-40-37-33-30-26-22-18-14-10-6-2/h9,11,13,15,20-27,32-35,37-39,41,46,50,58,62,73-75,80H,5-8,10,12,14,16-19,28-31,36,40,42-45,47-49,51-57,59-61,63-72H2,1-4H3,(H,85,86)(H,87,88)/b13-9-,15-11-,24-20-,25-21-,26-22-,27-23-,35-32-,37-33-,38-34-,41-39-,50-46-,62-58-. The van der Waals surface area contributed by atoms with Crippen LogP contribution in [0.5, 0.6) is 0 Å². The highest BCUT2D eigenvalue weighted by atomic mass is 31.2. The number of aliphatic hydroxyl groups excluding tert-OH is 1. The van der Waals surface area contributed by atoms with Gasteiger partial charge in [-0.2, -0.15) is 0 Å². The maximum absolute atomic E-state index is 13.1. The molecule has 17 nitrogen and oxygen atoms in total. The number of phosphoric acid groups is 2. The number of rotatable bonds is 68. The third-order valence-electron chi connectivity index (χ3n) is 14.8. The van der Waals surface area contributed by atoms with Gasteiger partial charge in [0.15, 0.2) is 12.2 Å². The summed E-state index contributed by atoms with van der Waals surface area (Å²) in [6, 6.07) is 0. The number of hydrogen-bond donors (Lipinski definition) is 3. The summed E-state index contributed by atoms with van der Waals surface area (Å²) in [6.45, 7) is 4.38. The highest BCUT2D eigenvalue weighted by molar-refractivity contribution is 7.47. The van der Waals surface area contributed by atoms with Crippen molar-refractivity contribution in [3.05, 3.63) is 146 Å². The SMILES string of the molecule is CC/C=C\C/C=C\C/C=C\C/C=C\C/C=C\CC(=O)OC(COC(=O)CCCCCC/C=C\C/C=C\C/C=C\C/C=C\CC)COP(=O)(O)OCC(O)COP(=O)(O)OCC(COC(=O)CCCCCCC/C=C\C/C=C\CCCCC)OC(=O)CCCCCCC/C=C\CCCC. The molecular weight excluding hydrogens is 1280 g/mol. The molecule has 0 aliphatic heterocycles. The number of carbonyl (C=O) groups excluding carboxylic acids is 4. The molecule has 0 saturated heterocycles.